The van der Waals surface area contributed by atoms with E-state index in [1.807, 2.05) is 31.2 Å². The Balaban J connectivity index is 1.74. The predicted molar refractivity (Wildman–Crippen MR) is 101 cm³/mol. The number of carbonyl (C=O) groups excluding carboxylic acids is 3. The van der Waals surface area contributed by atoms with E-state index in [-0.39, 0.29) is 18.3 Å². The van der Waals surface area contributed by atoms with E-state index in [9.17, 15) is 14.4 Å². The molecule has 0 radical (unpaired) electrons. The van der Waals surface area contributed by atoms with Crippen LogP contribution in [0.3, 0.4) is 0 Å². The molecule has 0 aromatic heterocycles. The van der Waals surface area contributed by atoms with E-state index in [1.54, 1.807) is 24.3 Å². The number of rotatable bonds is 8. The number of esters is 1. The van der Waals surface area contributed by atoms with Crippen molar-refractivity contribution in [1.29, 1.82) is 0 Å². The Morgan fingerprint density at radius 2 is 1.63 bits per heavy atom. The number of aryl methyl sites for hydroxylation is 1. The van der Waals surface area contributed by atoms with E-state index in [0.29, 0.717) is 17.9 Å². The lowest BCUT2D eigenvalue weighted by Crippen LogP contribution is -2.36. The van der Waals surface area contributed by atoms with E-state index < -0.39 is 12.1 Å². The van der Waals surface area contributed by atoms with Gasteiger partial charge in [0.15, 0.2) is 18.5 Å². The first-order chi connectivity index (χ1) is 12.8. The first-order valence-electron chi connectivity index (χ1n) is 8.61. The molecule has 6 nitrogen and oxygen atoms in total. The molecule has 0 saturated carbocycles. The number of benzene rings is 2. The predicted octanol–water partition coefficient (Wildman–Crippen LogP) is 2.82. The van der Waals surface area contributed by atoms with E-state index >= 15 is 0 Å². The molecule has 0 aliphatic carbocycles. The molecule has 2 aromatic rings. The Morgan fingerprint density at radius 3 is 2.22 bits per heavy atom. The van der Waals surface area contributed by atoms with Crippen LogP contribution in [-0.2, 0) is 20.9 Å². The fourth-order valence-electron chi connectivity index (χ4n) is 2.25. The highest BCUT2D eigenvalue weighted by atomic mass is 16.6. The van der Waals surface area contributed by atoms with Crippen LogP contribution < -0.4 is 10.1 Å². The largest absolute Gasteiger partial charge is 0.482 e. The van der Waals surface area contributed by atoms with Crippen molar-refractivity contribution in [2.45, 2.75) is 33.4 Å². The Bertz CT molecular complexity index is 796. The zero-order valence-electron chi connectivity index (χ0n) is 15.7. The molecule has 1 amide bonds. The zero-order valence-corrected chi connectivity index (χ0v) is 15.7. The van der Waals surface area contributed by atoms with Gasteiger partial charge in [0.25, 0.3) is 5.91 Å². The van der Waals surface area contributed by atoms with E-state index in [0.717, 1.165) is 11.1 Å². The molecule has 1 N–H and O–H groups in total. The van der Waals surface area contributed by atoms with Gasteiger partial charge in [-0.05, 0) is 50.6 Å². The normalized spacial score (nSPS) is 11.4. The molecule has 2 rings (SSSR count). The summed E-state index contributed by atoms with van der Waals surface area (Å²) in [4.78, 5) is 35.1. The van der Waals surface area contributed by atoms with Crippen LogP contribution in [0.1, 0.15) is 35.3 Å². The average molecular weight is 369 g/mol. The minimum Gasteiger partial charge on any atom is -0.482 e. The average Bonchev–Trinajstić information content (AvgIpc) is 2.66. The summed E-state index contributed by atoms with van der Waals surface area (Å²) in [6.45, 7) is 5.00. The number of nitrogens with one attached hydrogen (secondary N) is 1. The van der Waals surface area contributed by atoms with Crippen molar-refractivity contribution in [3.8, 4) is 5.75 Å². The minimum atomic E-state index is -0.924. The van der Waals surface area contributed by atoms with Crippen LogP contribution in [-0.4, -0.2) is 30.4 Å². The topological polar surface area (TPSA) is 81.7 Å². The molecule has 0 spiro atoms. The number of ketones is 1. The highest BCUT2D eigenvalue weighted by Gasteiger charge is 2.18. The van der Waals surface area contributed by atoms with Gasteiger partial charge in [0.05, 0.1) is 0 Å². The SMILES string of the molecule is CC(=O)c1ccc(OCC(=O)O[C@H](C)C(=O)NCc2ccc(C)cc2)cc1. The van der Waals surface area contributed by atoms with E-state index in [1.165, 1.54) is 13.8 Å². The van der Waals surface area contributed by atoms with Gasteiger partial charge in [-0.3, -0.25) is 9.59 Å². The maximum Gasteiger partial charge on any atom is 0.344 e. The molecule has 0 heterocycles. The molecule has 2 aromatic carbocycles. The van der Waals surface area contributed by atoms with Crippen molar-refractivity contribution in [3.05, 3.63) is 65.2 Å². The van der Waals surface area contributed by atoms with Crippen LogP contribution in [0.2, 0.25) is 0 Å². The summed E-state index contributed by atoms with van der Waals surface area (Å²) in [5, 5.41) is 2.73. The quantitative estimate of drug-likeness (QED) is 0.572. The van der Waals surface area contributed by atoms with Gasteiger partial charge in [-0.1, -0.05) is 29.8 Å². The van der Waals surface area contributed by atoms with Crippen LogP contribution in [0.15, 0.2) is 48.5 Å². The summed E-state index contributed by atoms with van der Waals surface area (Å²) in [7, 11) is 0. The summed E-state index contributed by atoms with van der Waals surface area (Å²) in [5.41, 5.74) is 2.66. The lowest BCUT2D eigenvalue weighted by Gasteiger charge is -2.14. The van der Waals surface area contributed by atoms with Crippen molar-refractivity contribution in [2.24, 2.45) is 0 Å². The first kappa shape index (κ1) is 20.2. The standard InChI is InChI=1S/C21H23NO5/c1-14-4-6-17(7-5-14)12-22-21(25)16(3)27-20(24)13-26-19-10-8-18(9-11-19)15(2)23/h4-11,16H,12-13H2,1-3H3,(H,22,25)/t16-/m1/s1. The molecule has 142 valence electrons. The van der Waals surface area contributed by atoms with Crippen LogP contribution in [0.25, 0.3) is 0 Å². The minimum absolute atomic E-state index is 0.0496. The van der Waals surface area contributed by atoms with Crippen LogP contribution in [0.5, 0.6) is 5.75 Å². The van der Waals surface area contributed by atoms with Crippen molar-refractivity contribution in [3.63, 3.8) is 0 Å². The van der Waals surface area contributed by atoms with Crippen molar-refractivity contribution < 1.29 is 23.9 Å². The highest BCUT2D eigenvalue weighted by molar-refractivity contribution is 5.94. The van der Waals surface area contributed by atoms with Gasteiger partial charge in [-0.15, -0.1) is 0 Å². The second-order valence-electron chi connectivity index (χ2n) is 6.20. The van der Waals surface area contributed by atoms with Gasteiger partial charge in [-0.2, -0.15) is 0 Å². The van der Waals surface area contributed by atoms with Gasteiger partial charge in [-0.25, -0.2) is 4.79 Å². The molecular weight excluding hydrogens is 346 g/mol. The van der Waals surface area contributed by atoms with Crippen LogP contribution in [0.4, 0.5) is 0 Å². The summed E-state index contributed by atoms with van der Waals surface area (Å²) in [6.07, 6.45) is -0.924. The van der Waals surface area contributed by atoms with Gasteiger partial charge in [0.2, 0.25) is 0 Å². The van der Waals surface area contributed by atoms with Gasteiger partial charge in [0, 0.05) is 12.1 Å². The second-order valence-corrected chi connectivity index (χ2v) is 6.20. The third-order valence-corrected chi connectivity index (χ3v) is 3.88. The Kier molecular flexibility index (Phi) is 7.11. The number of ether oxygens (including phenoxy) is 2. The Hall–Kier alpha value is -3.15. The molecular formula is C21H23NO5. The second kappa shape index (κ2) is 9.52. The number of amides is 1. The first-order valence-corrected chi connectivity index (χ1v) is 8.61. The monoisotopic (exact) mass is 369 g/mol. The molecule has 1 atom stereocenters. The molecule has 6 heteroatoms. The number of Topliss-reactive ketones (excluding diaryl/α,β-unsaturated/α-hetero) is 1. The molecule has 0 fully saturated rings. The lowest BCUT2D eigenvalue weighted by atomic mass is 10.1. The third-order valence-electron chi connectivity index (χ3n) is 3.88. The smallest absolute Gasteiger partial charge is 0.344 e. The summed E-state index contributed by atoms with van der Waals surface area (Å²) >= 11 is 0. The molecule has 0 saturated heterocycles. The maximum atomic E-state index is 12.0. The van der Waals surface area contributed by atoms with Crippen molar-refractivity contribution in [2.75, 3.05) is 6.61 Å². The summed E-state index contributed by atoms with van der Waals surface area (Å²) in [5.74, 6) is -0.641. The molecule has 0 unspecified atom stereocenters. The fourth-order valence-corrected chi connectivity index (χ4v) is 2.25. The highest BCUT2D eigenvalue weighted by Crippen LogP contribution is 2.12. The van der Waals surface area contributed by atoms with Gasteiger partial charge >= 0.3 is 5.97 Å². The molecule has 27 heavy (non-hydrogen) atoms. The van der Waals surface area contributed by atoms with E-state index in [2.05, 4.69) is 5.32 Å². The number of carbonyl (C=O) groups is 3. The maximum absolute atomic E-state index is 12.0. The molecule has 0 aliphatic heterocycles. The van der Waals surface area contributed by atoms with Crippen LogP contribution >= 0.6 is 0 Å². The lowest BCUT2D eigenvalue weighted by molar-refractivity contribution is -0.156. The van der Waals surface area contributed by atoms with Crippen molar-refractivity contribution in [1.82, 2.24) is 5.32 Å². The van der Waals surface area contributed by atoms with E-state index in [4.69, 9.17) is 9.47 Å². The summed E-state index contributed by atoms with van der Waals surface area (Å²) < 4.78 is 10.4. The number of hydrogen-bond acceptors (Lipinski definition) is 5. The van der Waals surface area contributed by atoms with Crippen LogP contribution in [0, 0.1) is 6.92 Å². The number of hydrogen-bond donors (Lipinski definition) is 1. The zero-order chi connectivity index (χ0) is 19.8. The Labute approximate surface area is 158 Å². The fraction of sp³-hybridized carbons (Fsp3) is 0.286. The van der Waals surface area contributed by atoms with Gasteiger partial charge in [0.1, 0.15) is 5.75 Å². The Morgan fingerprint density at radius 1 is 1.00 bits per heavy atom. The van der Waals surface area contributed by atoms with Gasteiger partial charge < -0.3 is 14.8 Å². The molecule has 0 bridgehead atoms. The summed E-state index contributed by atoms with van der Waals surface area (Å²) in [6, 6.07) is 14.2. The van der Waals surface area contributed by atoms with Crippen molar-refractivity contribution >= 4 is 17.7 Å². The third kappa shape index (κ3) is 6.58. The molecule has 0 aliphatic rings.